The van der Waals surface area contributed by atoms with Crippen LogP contribution in [-0.4, -0.2) is 41.1 Å². The Hall–Kier alpha value is -3.39. The fourth-order valence-electron chi connectivity index (χ4n) is 4.76. The molecule has 0 radical (unpaired) electrons. The molecule has 3 heterocycles. The van der Waals surface area contributed by atoms with Crippen LogP contribution in [0, 0.1) is 11.8 Å². The van der Waals surface area contributed by atoms with Gasteiger partial charge in [0.1, 0.15) is 12.4 Å². The Morgan fingerprint density at radius 1 is 1.12 bits per heavy atom. The van der Waals surface area contributed by atoms with E-state index in [1.165, 1.54) is 0 Å². The van der Waals surface area contributed by atoms with Gasteiger partial charge in [0.15, 0.2) is 5.96 Å². The Morgan fingerprint density at radius 2 is 1.97 bits per heavy atom. The van der Waals surface area contributed by atoms with Crippen LogP contribution in [0.2, 0.25) is 0 Å². The van der Waals surface area contributed by atoms with Crippen LogP contribution in [0.5, 0.6) is 0 Å². The Morgan fingerprint density at radius 3 is 2.76 bits per heavy atom. The molecule has 34 heavy (non-hydrogen) atoms. The molecule has 1 fully saturated rings. The molecule has 0 saturated heterocycles. The lowest BCUT2D eigenvalue weighted by Gasteiger charge is -2.28. The number of hydrogen-bond donors (Lipinski definition) is 3. The first-order valence-corrected chi connectivity index (χ1v) is 12.1. The van der Waals surface area contributed by atoms with Crippen LogP contribution < -0.4 is 16.0 Å². The highest BCUT2D eigenvalue weighted by Gasteiger charge is 2.27. The van der Waals surface area contributed by atoms with Crippen molar-refractivity contribution in [2.75, 3.05) is 25.0 Å². The van der Waals surface area contributed by atoms with Crippen molar-refractivity contribution in [3.63, 3.8) is 0 Å². The van der Waals surface area contributed by atoms with Gasteiger partial charge < -0.3 is 25.3 Å². The monoisotopic (exact) mass is 460 g/mol. The maximum atomic E-state index is 13.0. The first kappa shape index (κ1) is 22.4. The highest BCUT2D eigenvalue weighted by molar-refractivity contribution is 6.01. The topological polar surface area (TPSA) is 92.6 Å². The third kappa shape index (κ3) is 5.39. The predicted molar refractivity (Wildman–Crippen MR) is 133 cm³/mol. The summed E-state index contributed by atoms with van der Waals surface area (Å²) in [6.45, 7) is 3.64. The second-order valence-electron chi connectivity index (χ2n) is 9.09. The van der Waals surface area contributed by atoms with E-state index >= 15 is 0 Å². The summed E-state index contributed by atoms with van der Waals surface area (Å²) < 4.78 is 7.84. The lowest BCUT2D eigenvalue weighted by molar-refractivity contribution is -0.121. The average molecular weight is 461 g/mol. The molecule has 8 heteroatoms. The van der Waals surface area contributed by atoms with Gasteiger partial charge in [-0.3, -0.25) is 9.79 Å². The van der Waals surface area contributed by atoms with Gasteiger partial charge in [-0.2, -0.15) is 0 Å². The lowest BCUT2D eigenvalue weighted by atomic mass is 9.81. The number of carbonyl (C=O) groups is 1. The SMILES string of the molecule is O=C(Nc1ccnc2c1ccn2COCc1ccccc1)[C@H]1CC[C@H](CNC2=NCCN2)CC1. The zero-order valence-electron chi connectivity index (χ0n) is 19.4. The summed E-state index contributed by atoms with van der Waals surface area (Å²) in [5, 5.41) is 10.7. The zero-order chi connectivity index (χ0) is 23.2. The molecule has 0 unspecified atom stereocenters. The lowest BCUT2D eigenvalue weighted by Crippen LogP contribution is -2.38. The van der Waals surface area contributed by atoms with Crippen LogP contribution >= 0.6 is 0 Å². The fourth-order valence-corrected chi connectivity index (χ4v) is 4.76. The summed E-state index contributed by atoms with van der Waals surface area (Å²) in [6.07, 6.45) is 7.65. The molecular formula is C26H32N6O2. The summed E-state index contributed by atoms with van der Waals surface area (Å²) >= 11 is 0. The van der Waals surface area contributed by atoms with Gasteiger partial charge in [0, 0.05) is 36.8 Å². The van der Waals surface area contributed by atoms with Crippen LogP contribution in [-0.2, 0) is 22.9 Å². The number of carbonyl (C=O) groups excluding carboxylic acids is 1. The molecular weight excluding hydrogens is 428 g/mol. The van der Waals surface area contributed by atoms with E-state index in [4.69, 9.17) is 4.74 Å². The van der Waals surface area contributed by atoms with Gasteiger partial charge in [0.05, 0.1) is 18.8 Å². The summed E-state index contributed by atoms with van der Waals surface area (Å²) in [5.41, 5.74) is 2.75. The Bertz CT molecular complexity index is 1130. The molecule has 0 atom stereocenters. The van der Waals surface area contributed by atoms with Gasteiger partial charge in [0.25, 0.3) is 0 Å². The number of rotatable bonds is 8. The van der Waals surface area contributed by atoms with Gasteiger partial charge in [-0.15, -0.1) is 0 Å². The van der Waals surface area contributed by atoms with Crippen LogP contribution in [0.25, 0.3) is 11.0 Å². The van der Waals surface area contributed by atoms with Crippen LogP contribution in [0.1, 0.15) is 31.2 Å². The maximum absolute atomic E-state index is 13.0. The number of fused-ring (bicyclic) bond motifs is 1. The zero-order valence-corrected chi connectivity index (χ0v) is 19.4. The van der Waals surface area contributed by atoms with Crippen molar-refractivity contribution in [2.45, 2.75) is 39.0 Å². The van der Waals surface area contributed by atoms with Crippen molar-refractivity contribution in [1.82, 2.24) is 20.2 Å². The third-order valence-corrected chi connectivity index (χ3v) is 6.71. The second kappa shape index (κ2) is 10.7. The van der Waals surface area contributed by atoms with E-state index in [1.54, 1.807) is 6.20 Å². The molecule has 1 saturated carbocycles. The van der Waals surface area contributed by atoms with Crippen LogP contribution in [0.15, 0.2) is 59.9 Å². The molecule has 2 aromatic heterocycles. The minimum atomic E-state index is 0.0534. The molecule has 3 aromatic rings. The molecule has 1 aromatic carbocycles. The number of ether oxygens (including phenoxy) is 1. The highest BCUT2D eigenvalue weighted by Crippen LogP contribution is 2.30. The van der Waals surface area contributed by atoms with E-state index in [2.05, 4.69) is 25.9 Å². The summed E-state index contributed by atoms with van der Waals surface area (Å²) in [7, 11) is 0. The summed E-state index contributed by atoms with van der Waals surface area (Å²) in [6, 6.07) is 14.0. The van der Waals surface area contributed by atoms with E-state index in [0.29, 0.717) is 19.3 Å². The van der Waals surface area contributed by atoms with Crippen molar-refractivity contribution in [3.05, 3.63) is 60.4 Å². The van der Waals surface area contributed by atoms with Crippen LogP contribution in [0.3, 0.4) is 0 Å². The first-order chi connectivity index (χ1) is 16.8. The fraction of sp³-hybridized carbons (Fsp3) is 0.423. The number of nitrogens with zero attached hydrogens (tertiary/aromatic N) is 3. The van der Waals surface area contributed by atoms with E-state index in [9.17, 15) is 4.79 Å². The molecule has 2 aliphatic rings. The van der Waals surface area contributed by atoms with Gasteiger partial charge in [-0.05, 0) is 49.3 Å². The standard InChI is InChI=1S/C26H32N6O2/c33-25(21-8-6-19(7-9-21)16-30-26-28-13-14-29-26)31-23-10-12-27-24-22(23)11-15-32(24)18-34-17-20-4-2-1-3-5-20/h1-5,10-12,15,19,21H,6-9,13-14,16-18H2,(H,27,31,33)(H2,28,29,30)/t19-,21-. The molecule has 8 nitrogen and oxygen atoms in total. The number of amides is 1. The number of anilines is 1. The van der Waals surface area contributed by atoms with Gasteiger partial charge in [0.2, 0.25) is 5.91 Å². The number of aliphatic imine (C=N–C) groups is 1. The largest absolute Gasteiger partial charge is 0.356 e. The Kier molecular flexibility index (Phi) is 7.05. The van der Waals surface area contributed by atoms with Gasteiger partial charge in [-0.1, -0.05) is 30.3 Å². The molecule has 5 rings (SSSR count). The van der Waals surface area contributed by atoms with Crippen LogP contribution in [0.4, 0.5) is 5.69 Å². The summed E-state index contributed by atoms with van der Waals surface area (Å²) in [5.74, 6) is 1.66. The van der Waals surface area contributed by atoms with Crippen molar-refractivity contribution in [3.8, 4) is 0 Å². The molecule has 0 spiro atoms. The predicted octanol–water partition coefficient (Wildman–Crippen LogP) is 3.50. The minimum absolute atomic E-state index is 0.0534. The highest BCUT2D eigenvalue weighted by atomic mass is 16.5. The van der Waals surface area contributed by atoms with E-state index in [1.807, 2.05) is 53.2 Å². The van der Waals surface area contributed by atoms with E-state index < -0.39 is 0 Å². The number of pyridine rings is 1. The Labute approximate surface area is 199 Å². The smallest absolute Gasteiger partial charge is 0.227 e. The van der Waals surface area contributed by atoms with Crippen molar-refractivity contribution >= 4 is 28.6 Å². The van der Waals surface area contributed by atoms with Crippen molar-refractivity contribution < 1.29 is 9.53 Å². The molecule has 0 bridgehead atoms. The number of guanidine groups is 1. The van der Waals surface area contributed by atoms with Crippen molar-refractivity contribution in [2.24, 2.45) is 16.8 Å². The number of aromatic nitrogens is 2. The Balaban J connectivity index is 1.13. The molecule has 1 aliphatic heterocycles. The molecule has 1 aliphatic carbocycles. The van der Waals surface area contributed by atoms with Gasteiger partial charge in [-0.25, -0.2) is 4.98 Å². The summed E-state index contributed by atoms with van der Waals surface area (Å²) in [4.78, 5) is 21.9. The average Bonchev–Trinajstić information content (AvgIpc) is 3.55. The second-order valence-corrected chi connectivity index (χ2v) is 9.09. The third-order valence-electron chi connectivity index (χ3n) is 6.71. The quantitative estimate of drug-likeness (QED) is 0.479. The minimum Gasteiger partial charge on any atom is -0.356 e. The molecule has 178 valence electrons. The van der Waals surface area contributed by atoms with E-state index in [0.717, 1.165) is 73.6 Å². The molecule has 3 N–H and O–H groups in total. The first-order valence-electron chi connectivity index (χ1n) is 12.1. The normalized spacial score (nSPS) is 20.1. The van der Waals surface area contributed by atoms with Crippen molar-refractivity contribution in [1.29, 1.82) is 0 Å². The molecule has 1 amide bonds. The number of hydrogen-bond acceptors (Lipinski definition) is 6. The number of benzene rings is 1. The number of nitrogens with one attached hydrogen (secondary N) is 3. The van der Waals surface area contributed by atoms with Gasteiger partial charge >= 0.3 is 0 Å². The maximum Gasteiger partial charge on any atom is 0.227 e. The van der Waals surface area contributed by atoms with E-state index in [-0.39, 0.29) is 11.8 Å².